The number of aliphatic hydroxyl groups is 1. The third-order valence-corrected chi connectivity index (χ3v) is 2.43. The van der Waals surface area contributed by atoms with Gasteiger partial charge in [-0.1, -0.05) is 0 Å². The Bertz CT molecular complexity index is 189. The maximum atomic E-state index is 10.4. The van der Waals surface area contributed by atoms with E-state index >= 15 is 0 Å². The molecule has 0 unspecified atom stereocenters. The second-order valence-electron chi connectivity index (χ2n) is 3.21. The van der Waals surface area contributed by atoms with Gasteiger partial charge in [-0.3, -0.25) is 4.79 Å². The second kappa shape index (κ2) is 3.67. The largest absolute Gasteiger partial charge is 0.481 e. The molecule has 12 heavy (non-hydrogen) atoms. The first kappa shape index (κ1) is 9.19. The fourth-order valence-electron chi connectivity index (χ4n) is 1.73. The third-order valence-electron chi connectivity index (χ3n) is 2.43. The first-order chi connectivity index (χ1) is 5.65. The SMILES string of the molecule is O=C[C@@H]1CC[C@@H](O)[C@H]1CC(=O)O. The van der Waals surface area contributed by atoms with Gasteiger partial charge >= 0.3 is 5.97 Å². The van der Waals surface area contributed by atoms with Crippen LogP contribution in [-0.4, -0.2) is 28.6 Å². The highest BCUT2D eigenvalue weighted by Crippen LogP contribution is 2.32. The second-order valence-corrected chi connectivity index (χ2v) is 3.21. The molecule has 1 saturated carbocycles. The molecule has 0 aromatic heterocycles. The van der Waals surface area contributed by atoms with Crippen molar-refractivity contribution in [1.82, 2.24) is 0 Å². The number of carbonyl (C=O) groups excluding carboxylic acids is 1. The minimum absolute atomic E-state index is 0.107. The summed E-state index contributed by atoms with van der Waals surface area (Å²) in [4.78, 5) is 20.8. The lowest BCUT2D eigenvalue weighted by molar-refractivity contribution is -0.139. The van der Waals surface area contributed by atoms with Gasteiger partial charge in [0.15, 0.2) is 0 Å². The molecule has 0 saturated heterocycles. The quantitative estimate of drug-likeness (QED) is 0.590. The molecule has 68 valence electrons. The monoisotopic (exact) mass is 172 g/mol. The molecular formula is C8H12O4. The van der Waals surface area contributed by atoms with Gasteiger partial charge in [0.1, 0.15) is 6.29 Å². The molecule has 0 aliphatic heterocycles. The van der Waals surface area contributed by atoms with Crippen molar-refractivity contribution >= 4 is 12.3 Å². The fraction of sp³-hybridized carbons (Fsp3) is 0.750. The third kappa shape index (κ3) is 1.82. The summed E-state index contributed by atoms with van der Waals surface area (Å²) in [5, 5.41) is 17.8. The van der Waals surface area contributed by atoms with Gasteiger partial charge in [-0.25, -0.2) is 0 Å². The smallest absolute Gasteiger partial charge is 0.303 e. The molecule has 1 fully saturated rings. The van der Waals surface area contributed by atoms with E-state index in [0.717, 1.165) is 6.29 Å². The summed E-state index contributed by atoms with van der Waals surface area (Å²) in [5.74, 6) is -1.59. The Morgan fingerprint density at radius 2 is 2.17 bits per heavy atom. The molecular weight excluding hydrogens is 160 g/mol. The van der Waals surface area contributed by atoms with Crippen LogP contribution in [0.4, 0.5) is 0 Å². The van der Waals surface area contributed by atoms with Crippen LogP contribution in [0.5, 0.6) is 0 Å². The Morgan fingerprint density at radius 1 is 1.50 bits per heavy atom. The molecule has 1 aliphatic rings. The van der Waals surface area contributed by atoms with Crippen molar-refractivity contribution in [3.63, 3.8) is 0 Å². The van der Waals surface area contributed by atoms with Gasteiger partial charge in [0, 0.05) is 11.8 Å². The van der Waals surface area contributed by atoms with Crippen molar-refractivity contribution in [2.24, 2.45) is 11.8 Å². The summed E-state index contributed by atoms with van der Waals surface area (Å²) >= 11 is 0. The minimum atomic E-state index is -0.951. The first-order valence-electron chi connectivity index (χ1n) is 4.00. The van der Waals surface area contributed by atoms with Crippen LogP contribution in [0.1, 0.15) is 19.3 Å². The predicted molar refractivity (Wildman–Crippen MR) is 40.5 cm³/mol. The van der Waals surface area contributed by atoms with E-state index in [1.54, 1.807) is 0 Å². The summed E-state index contributed by atoms with van der Waals surface area (Å²) in [6.07, 6.45) is 1.19. The molecule has 3 atom stereocenters. The van der Waals surface area contributed by atoms with Crippen molar-refractivity contribution < 1.29 is 19.8 Å². The Labute approximate surface area is 70.2 Å². The molecule has 0 spiro atoms. The van der Waals surface area contributed by atoms with Gasteiger partial charge in [0.05, 0.1) is 12.5 Å². The van der Waals surface area contributed by atoms with Gasteiger partial charge in [-0.05, 0) is 12.8 Å². The van der Waals surface area contributed by atoms with Crippen LogP contribution in [-0.2, 0) is 9.59 Å². The molecule has 0 heterocycles. The lowest BCUT2D eigenvalue weighted by atomic mass is 9.93. The molecule has 1 rings (SSSR count). The maximum absolute atomic E-state index is 10.4. The van der Waals surface area contributed by atoms with Crippen LogP contribution in [0.2, 0.25) is 0 Å². The van der Waals surface area contributed by atoms with E-state index < -0.39 is 12.1 Å². The fourth-order valence-corrected chi connectivity index (χ4v) is 1.73. The molecule has 2 N–H and O–H groups in total. The molecule has 1 aliphatic carbocycles. The number of rotatable bonds is 3. The molecule has 0 aromatic rings. The highest BCUT2D eigenvalue weighted by Gasteiger charge is 2.35. The van der Waals surface area contributed by atoms with Gasteiger partial charge in [-0.15, -0.1) is 0 Å². The first-order valence-corrected chi connectivity index (χ1v) is 4.00. The van der Waals surface area contributed by atoms with E-state index in [-0.39, 0.29) is 18.3 Å². The number of carbonyl (C=O) groups is 2. The van der Waals surface area contributed by atoms with Crippen molar-refractivity contribution in [3.8, 4) is 0 Å². The highest BCUT2D eigenvalue weighted by atomic mass is 16.4. The summed E-state index contributed by atoms with van der Waals surface area (Å²) in [7, 11) is 0. The van der Waals surface area contributed by atoms with Crippen LogP contribution in [0.15, 0.2) is 0 Å². The van der Waals surface area contributed by atoms with Gasteiger partial charge in [0.25, 0.3) is 0 Å². The molecule has 0 radical (unpaired) electrons. The van der Waals surface area contributed by atoms with Gasteiger partial charge < -0.3 is 15.0 Å². The normalized spacial score (nSPS) is 34.9. The van der Waals surface area contributed by atoms with Crippen LogP contribution >= 0.6 is 0 Å². The lowest BCUT2D eigenvalue weighted by Gasteiger charge is -2.14. The van der Waals surface area contributed by atoms with Crippen LogP contribution in [0.25, 0.3) is 0 Å². The number of hydrogen-bond acceptors (Lipinski definition) is 3. The van der Waals surface area contributed by atoms with E-state index in [4.69, 9.17) is 5.11 Å². The molecule has 0 bridgehead atoms. The summed E-state index contributed by atoms with van der Waals surface area (Å²) in [5.41, 5.74) is 0. The minimum Gasteiger partial charge on any atom is -0.481 e. The zero-order chi connectivity index (χ0) is 9.14. The lowest BCUT2D eigenvalue weighted by Crippen LogP contribution is -2.23. The summed E-state index contributed by atoms with van der Waals surface area (Å²) < 4.78 is 0. The van der Waals surface area contributed by atoms with E-state index in [1.165, 1.54) is 0 Å². The Kier molecular flexibility index (Phi) is 2.81. The Morgan fingerprint density at radius 3 is 2.67 bits per heavy atom. The van der Waals surface area contributed by atoms with Gasteiger partial charge in [0.2, 0.25) is 0 Å². The topological polar surface area (TPSA) is 74.6 Å². The average Bonchev–Trinajstić information content (AvgIpc) is 2.32. The maximum Gasteiger partial charge on any atom is 0.303 e. The average molecular weight is 172 g/mol. The Hall–Kier alpha value is -0.900. The van der Waals surface area contributed by atoms with Crippen molar-refractivity contribution in [1.29, 1.82) is 0 Å². The van der Waals surface area contributed by atoms with Crippen molar-refractivity contribution in [3.05, 3.63) is 0 Å². The number of hydrogen-bond donors (Lipinski definition) is 2. The number of carboxylic acids is 1. The van der Waals surface area contributed by atoms with E-state index in [0.29, 0.717) is 12.8 Å². The predicted octanol–water partition coefficient (Wildman–Crippen LogP) is 0.0471. The number of aldehydes is 1. The molecule has 0 aromatic carbocycles. The van der Waals surface area contributed by atoms with Crippen molar-refractivity contribution in [2.45, 2.75) is 25.4 Å². The van der Waals surface area contributed by atoms with Crippen LogP contribution < -0.4 is 0 Å². The zero-order valence-corrected chi connectivity index (χ0v) is 6.64. The molecule has 4 nitrogen and oxygen atoms in total. The molecule has 4 heteroatoms. The van der Waals surface area contributed by atoms with E-state index in [2.05, 4.69) is 0 Å². The highest BCUT2D eigenvalue weighted by molar-refractivity contribution is 5.68. The van der Waals surface area contributed by atoms with E-state index in [1.807, 2.05) is 0 Å². The standard InChI is InChI=1S/C8H12O4/c9-4-5-1-2-7(10)6(5)3-8(11)12/h4-7,10H,1-3H2,(H,11,12)/t5-,6-,7+/m0/s1. The van der Waals surface area contributed by atoms with E-state index in [9.17, 15) is 14.7 Å². The summed E-state index contributed by atoms with van der Waals surface area (Å²) in [6, 6.07) is 0. The molecule has 0 amide bonds. The number of carboxylic acid groups (broad SMARTS) is 1. The van der Waals surface area contributed by atoms with Gasteiger partial charge in [-0.2, -0.15) is 0 Å². The Balaban J connectivity index is 2.57. The van der Waals surface area contributed by atoms with Crippen LogP contribution in [0.3, 0.4) is 0 Å². The van der Waals surface area contributed by atoms with Crippen LogP contribution in [0, 0.1) is 11.8 Å². The van der Waals surface area contributed by atoms with Crippen molar-refractivity contribution in [2.75, 3.05) is 0 Å². The number of aliphatic carboxylic acids is 1. The zero-order valence-electron chi connectivity index (χ0n) is 6.64. The summed E-state index contributed by atoms with van der Waals surface area (Å²) in [6.45, 7) is 0. The number of aliphatic hydroxyl groups excluding tert-OH is 1.